The largest absolute Gasteiger partial charge is 0.459 e. The topological polar surface area (TPSA) is 77.0 Å². The van der Waals surface area contributed by atoms with Crippen LogP contribution in [0.3, 0.4) is 0 Å². The molecule has 0 bridgehead atoms. The van der Waals surface area contributed by atoms with Gasteiger partial charge in [0.1, 0.15) is 0 Å². The fraction of sp³-hybridized carbons (Fsp3) is 0.842. The number of carbonyl (C=O) groups excluding carboxylic acids is 1. The van der Waals surface area contributed by atoms with Crippen molar-refractivity contribution in [2.24, 2.45) is 11.8 Å². The molecule has 0 saturated heterocycles. The Morgan fingerprint density at radius 1 is 1.28 bits per heavy atom. The van der Waals surface area contributed by atoms with Gasteiger partial charge in [-0.15, -0.1) is 0 Å². The van der Waals surface area contributed by atoms with Crippen molar-refractivity contribution in [3.63, 3.8) is 0 Å². The molecule has 0 spiro atoms. The average molecular weight is 355 g/mol. The van der Waals surface area contributed by atoms with Crippen LogP contribution in [0.2, 0.25) is 0 Å². The van der Waals surface area contributed by atoms with E-state index in [0.29, 0.717) is 37.4 Å². The van der Waals surface area contributed by atoms with Crippen LogP contribution in [0.1, 0.15) is 51.4 Å². The first-order chi connectivity index (χ1) is 12.2. The Labute approximate surface area is 150 Å². The maximum Gasteiger partial charge on any atom is 0.286 e. The lowest BCUT2D eigenvalue weighted by Crippen LogP contribution is -2.36. The van der Waals surface area contributed by atoms with Crippen LogP contribution < -0.4 is 5.32 Å². The Hall–Kier alpha value is -1.11. The first kappa shape index (κ1) is 20.2. The Morgan fingerprint density at radius 2 is 2.08 bits per heavy atom. The fourth-order valence-electron chi connectivity index (χ4n) is 3.62. The Balaban J connectivity index is 1.95. The first-order valence-electron chi connectivity index (χ1n) is 9.62. The van der Waals surface area contributed by atoms with Crippen LogP contribution in [0.4, 0.5) is 0 Å². The van der Waals surface area contributed by atoms with Crippen LogP contribution in [-0.4, -0.2) is 50.8 Å². The summed E-state index contributed by atoms with van der Waals surface area (Å²) in [5, 5.41) is 11.7. The Bertz CT molecular complexity index is 420. The van der Waals surface area contributed by atoms with Gasteiger partial charge in [-0.3, -0.25) is 4.79 Å². The van der Waals surface area contributed by atoms with Crippen LogP contribution >= 0.6 is 0 Å². The molecule has 0 aromatic rings. The van der Waals surface area contributed by atoms with E-state index in [1.165, 1.54) is 32.1 Å². The van der Waals surface area contributed by atoms with Crippen LogP contribution in [0.15, 0.2) is 11.8 Å². The Kier molecular flexibility index (Phi) is 9.29. The van der Waals surface area contributed by atoms with Crippen molar-refractivity contribution in [3.8, 4) is 0 Å². The zero-order chi connectivity index (χ0) is 17.9. The molecule has 0 unspecified atom stereocenters. The lowest BCUT2D eigenvalue weighted by molar-refractivity contribution is -0.151. The molecule has 1 fully saturated rings. The van der Waals surface area contributed by atoms with E-state index in [0.717, 1.165) is 19.3 Å². The predicted octanol–water partition coefficient (Wildman–Crippen LogP) is 2.36. The van der Waals surface area contributed by atoms with Crippen molar-refractivity contribution < 1.29 is 24.1 Å². The van der Waals surface area contributed by atoms with Crippen molar-refractivity contribution >= 4 is 5.91 Å². The summed E-state index contributed by atoms with van der Waals surface area (Å²) in [4.78, 5) is 12.4. The van der Waals surface area contributed by atoms with Crippen LogP contribution in [0, 0.1) is 11.8 Å². The van der Waals surface area contributed by atoms with E-state index in [1.807, 2.05) is 6.08 Å². The maximum atomic E-state index is 12.4. The van der Waals surface area contributed by atoms with Crippen LogP contribution in [0.25, 0.3) is 0 Å². The van der Waals surface area contributed by atoms with Gasteiger partial charge in [-0.2, -0.15) is 0 Å². The molecular weight excluding hydrogens is 322 g/mol. The van der Waals surface area contributed by atoms with Gasteiger partial charge in [-0.1, -0.05) is 19.3 Å². The first-order valence-corrected chi connectivity index (χ1v) is 9.62. The third-order valence-corrected chi connectivity index (χ3v) is 5.02. The van der Waals surface area contributed by atoms with Gasteiger partial charge in [-0.05, 0) is 43.6 Å². The summed E-state index contributed by atoms with van der Waals surface area (Å²) >= 11 is 0. The van der Waals surface area contributed by atoms with Crippen LogP contribution in [-0.2, 0) is 19.0 Å². The van der Waals surface area contributed by atoms with Crippen molar-refractivity contribution in [2.45, 2.75) is 57.7 Å². The lowest BCUT2D eigenvalue weighted by atomic mass is 9.77. The molecule has 1 saturated carbocycles. The van der Waals surface area contributed by atoms with Crippen LogP contribution in [0.5, 0.6) is 0 Å². The third kappa shape index (κ3) is 6.96. The van der Waals surface area contributed by atoms with Gasteiger partial charge in [0.15, 0.2) is 5.76 Å². The number of ether oxygens (including phenoxy) is 3. The molecule has 2 aliphatic rings. The van der Waals surface area contributed by atoms with Crippen molar-refractivity contribution in [1.29, 1.82) is 0 Å². The molecule has 0 aromatic heterocycles. The molecule has 1 aliphatic heterocycles. The van der Waals surface area contributed by atoms with E-state index in [1.54, 1.807) is 7.11 Å². The molecular formula is C19H33NO5. The zero-order valence-corrected chi connectivity index (χ0v) is 15.4. The molecule has 0 radical (unpaired) electrons. The highest BCUT2D eigenvalue weighted by Gasteiger charge is 2.32. The van der Waals surface area contributed by atoms with Gasteiger partial charge in [0.2, 0.25) is 6.29 Å². The Morgan fingerprint density at radius 3 is 2.80 bits per heavy atom. The van der Waals surface area contributed by atoms with Crippen molar-refractivity contribution in [2.75, 3.05) is 33.5 Å². The number of aliphatic hydroxyl groups excluding tert-OH is 1. The molecule has 144 valence electrons. The highest BCUT2D eigenvalue weighted by atomic mass is 16.7. The van der Waals surface area contributed by atoms with E-state index in [2.05, 4.69) is 5.32 Å². The van der Waals surface area contributed by atoms with Gasteiger partial charge >= 0.3 is 0 Å². The van der Waals surface area contributed by atoms with E-state index in [9.17, 15) is 4.79 Å². The molecule has 0 aromatic carbocycles. The number of amides is 1. The summed E-state index contributed by atoms with van der Waals surface area (Å²) in [5.41, 5.74) is 0. The SMILES string of the molecule is COCCNC(=O)C1=C[C@@H](C2CCCCC2)C[C@@H](OCCCCO)O1. The van der Waals surface area contributed by atoms with Gasteiger partial charge in [0.05, 0.1) is 13.2 Å². The smallest absolute Gasteiger partial charge is 0.286 e. The minimum Gasteiger partial charge on any atom is -0.459 e. The van der Waals surface area contributed by atoms with E-state index < -0.39 is 0 Å². The number of carbonyl (C=O) groups is 1. The normalized spacial score (nSPS) is 24.5. The number of unbranched alkanes of at least 4 members (excludes halogenated alkanes) is 1. The molecule has 6 heteroatoms. The summed E-state index contributed by atoms with van der Waals surface area (Å²) in [5.74, 6) is 1.13. The standard InChI is InChI=1S/C19H33NO5/c1-23-12-9-20-19(22)17-13-16(15-7-3-2-4-8-15)14-18(25-17)24-11-6-5-10-21/h13,15-16,18,21H,2-12,14H2,1H3,(H,20,22)/t16-,18+/m1/s1. The molecule has 2 N–H and O–H groups in total. The number of nitrogens with one attached hydrogen (secondary N) is 1. The van der Waals surface area contributed by atoms with Gasteiger partial charge in [-0.25, -0.2) is 0 Å². The second-order valence-corrected chi connectivity index (χ2v) is 6.93. The van der Waals surface area contributed by atoms with E-state index in [-0.39, 0.29) is 18.8 Å². The van der Waals surface area contributed by atoms with E-state index >= 15 is 0 Å². The molecule has 2 atom stereocenters. The van der Waals surface area contributed by atoms with Gasteiger partial charge < -0.3 is 24.6 Å². The second-order valence-electron chi connectivity index (χ2n) is 6.93. The average Bonchev–Trinajstić information content (AvgIpc) is 2.66. The molecule has 1 amide bonds. The minimum absolute atomic E-state index is 0.173. The predicted molar refractivity (Wildman–Crippen MR) is 94.8 cm³/mol. The summed E-state index contributed by atoms with van der Waals surface area (Å²) in [6.45, 7) is 1.66. The molecule has 2 rings (SSSR count). The zero-order valence-electron chi connectivity index (χ0n) is 15.4. The summed E-state index contributed by atoms with van der Waals surface area (Å²) in [6.07, 6.45) is 10.2. The second kappa shape index (κ2) is 11.5. The quantitative estimate of drug-likeness (QED) is 0.588. The van der Waals surface area contributed by atoms with Gasteiger partial charge in [0, 0.05) is 26.7 Å². The molecule has 1 aliphatic carbocycles. The number of hydrogen-bond acceptors (Lipinski definition) is 5. The van der Waals surface area contributed by atoms with Crippen molar-refractivity contribution in [1.82, 2.24) is 5.32 Å². The monoisotopic (exact) mass is 355 g/mol. The molecule has 6 nitrogen and oxygen atoms in total. The summed E-state index contributed by atoms with van der Waals surface area (Å²) < 4.78 is 16.6. The van der Waals surface area contributed by atoms with Gasteiger partial charge in [0.25, 0.3) is 5.91 Å². The lowest BCUT2D eigenvalue weighted by Gasteiger charge is -2.35. The third-order valence-electron chi connectivity index (χ3n) is 5.02. The number of rotatable bonds is 10. The highest BCUT2D eigenvalue weighted by Crippen LogP contribution is 2.37. The highest BCUT2D eigenvalue weighted by molar-refractivity contribution is 5.91. The minimum atomic E-state index is -0.376. The number of aliphatic hydroxyl groups is 1. The molecule has 1 heterocycles. The summed E-state index contributed by atoms with van der Waals surface area (Å²) in [6, 6.07) is 0. The maximum absolute atomic E-state index is 12.4. The fourth-order valence-corrected chi connectivity index (χ4v) is 3.62. The molecule has 25 heavy (non-hydrogen) atoms. The van der Waals surface area contributed by atoms with Crippen molar-refractivity contribution in [3.05, 3.63) is 11.8 Å². The summed E-state index contributed by atoms with van der Waals surface area (Å²) in [7, 11) is 1.61. The van der Waals surface area contributed by atoms with E-state index in [4.69, 9.17) is 19.3 Å². The number of methoxy groups -OCH3 is 1. The number of hydrogen-bond donors (Lipinski definition) is 2. The number of allylic oxidation sites excluding steroid dienone is 1.